The lowest BCUT2D eigenvalue weighted by atomic mass is 9.90. The van der Waals surface area contributed by atoms with Crippen LogP contribution >= 0.6 is 27.5 Å². The predicted molar refractivity (Wildman–Crippen MR) is 83.6 cm³/mol. The highest BCUT2D eigenvalue weighted by Gasteiger charge is 2.19. The van der Waals surface area contributed by atoms with Gasteiger partial charge < -0.3 is 5.32 Å². The van der Waals surface area contributed by atoms with E-state index in [1.54, 1.807) is 12.1 Å². The quantitative estimate of drug-likeness (QED) is 0.764. The molecule has 19 heavy (non-hydrogen) atoms. The van der Waals surface area contributed by atoms with Crippen molar-refractivity contribution < 1.29 is 4.79 Å². The van der Waals surface area contributed by atoms with Crippen LogP contribution in [-0.4, -0.2) is 5.91 Å². The van der Waals surface area contributed by atoms with Crippen molar-refractivity contribution in [3.63, 3.8) is 0 Å². The molecule has 1 amide bonds. The van der Waals surface area contributed by atoms with Crippen molar-refractivity contribution in [3.8, 4) is 0 Å². The van der Waals surface area contributed by atoms with E-state index in [9.17, 15) is 4.79 Å². The van der Waals surface area contributed by atoms with E-state index in [4.69, 9.17) is 11.6 Å². The molecule has 0 radical (unpaired) electrons. The minimum Gasteiger partial charge on any atom is -0.325 e. The highest BCUT2D eigenvalue weighted by Crippen LogP contribution is 2.28. The van der Waals surface area contributed by atoms with E-state index in [0.29, 0.717) is 5.02 Å². The number of rotatable bonds is 2. The summed E-state index contributed by atoms with van der Waals surface area (Å²) < 4.78 is 0.833. The maximum absolute atomic E-state index is 12.3. The first-order chi connectivity index (χ1) is 9.16. The fourth-order valence-electron chi connectivity index (χ4n) is 2.54. The lowest BCUT2D eigenvalue weighted by Gasteiger charge is -2.19. The molecule has 0 atom stereocenters. The van der Waals surface area contributed by atoms with E-state index in [-0.39, 0.29) is 11.8 Å². The average molecular weight is 345 g/mol. The molecular formula is C15H19BrClNO. The second-order valence-electron chi connectivity index (χ2n) is 5.16. The third-order valence-electron chi connectivity index (χ3n) is 3.66. The molecule has 1 aliphatic carbocycles. The van der Waals surface area contributed by atoms with E-state index in [1.165, 1.54) is 32.1 Å². The second-order valence-corrected chi connectivity index (χ2v) is 6.45. The molecule has 0 aliphatic heterocycles. The predicted octanol–water partition coefficient (Wildman–Crippen LogP) is 5.40. The van der Waals surface area contributed by atoms with Crippen molar-refractivity contribution in [2.24, 2.45) is 5.92 Å². The Balaban J connectivity index is 1.98. The summed E-state index contributed by atoms with van der Waals surface area (Å²) in [6, 6.07) is 5.43. The van der Waals surface area contributed by atoms with Crippen LogP contribution in [0.3, 0.4) is 0 Å². The van der Waals surface area contributed by atoms with Gasteiger partial charge >= 0.3 is 0 Å². The van der Waals surface area contributed by atoms with E-state index in [0.717, 1.165) is 23.0 Å². The summed E-state index contributed by atoms with van der Waals surface area (Å²) in [7, 11) is 0. The smallest absolute Gasteiger partial charge is 0.227 e. The van der Waals surface area contributed by atoms with Crippen molar-refractivity contribution in [1.82, 2.24) is 0 Å². The standard InChI is InChI=1S/C15H19BrClNO/c16-13-10-12(17)8-9-14(13)18-15(19)11-6-4-2-1-3-5-7-11/h8-11H,1-7H2,(H,18,19). The first-order valence-electron chi connectivity index (χ1n) is 6.93. The van der Waals surface area contributed by atoms with Crippen molar-refractivity contribution in [1.29, 1.82) is 0 Å². The molecule has 1 N–H and O–H groups in total. The molecule has 0 saturated heterocycles. The first kappa shape index (κ1) is 14.9. The number of hydrogen-bond acceptors (Lipinski definition) is 1. The molecule has 1 aromatic rings. The Morgan fingerprint density at radius 3 is 2.42 bits per heavy atom. The Labute approximate surface area is 128 Å². The first-order valence-corrected chi connectivity index (χ1v) is 8.10. The van der Waals surface area contributed by atoms with Gasteiger partial charge in [-0.2, -0.15) is 0 Å². The molecular weight excluding hydrogens is 326 g/mol. The van der Waals surface area contributed by atoms with Crippen molar-refractivity contribution in [2.45, 2.75) is 44.9 Å². The maximum Gasteiger partial charge on any atom is 0.227 e. The minimum absolute atomic E-state index is 0.143. The third-order valence-corrected chi connectivity index (χ3v) is 4.56. The molecule has 0 bridgehead atoms. The Kier molecular flexibility index (Phi) is 5.71. The number of benzene rings is 1. The normalized spacial score (nSPS) is 17.6. The average Bonchev–Trinajstić information content (AvgIpc) is 2.32. The molecule has 0 unspecified atom stereocenters. The van der Waals surface area contributed by atoms with Crippen LogP contribution in [-0.2, 0) is 4.79 Å². The number of anilines is 1. The van der Waals surface area contributed by atoms with Crippen LogP contribution < -0.4 is 5.32 Å². The Morgan fingerprint density at radius 2 is 1.79 bits per heavy atom. The summed E-state index contributed by atoms with van der Waals surface area (Å²) >= 11 is 9.33. The zero-order valence-electron chi connectivity index (χ0n) is 10.9. The van der Waals surface area contributed by atoms with Gasteiger partial charge in [0.1, 0.15) is 0 Å². The number of nitrogens with one attached hydrogen (secondary N) is 1. The Hall–Kier alpha value is -0.540. The second kappa shape index (κ2) is 7.30. The SMILES string of the molecule is O=C(Nc1ccc(Cl)cc1Br)C1CCCCCCC1. The van der Waals surface area contributed by atoms with Gasteiger partial charge in [0, 0.05) is 15.4 Å². The van der Waals surface area contributed by atoms with Crippen LogP contribution in [0.4, 0.5) is 5.69 Å². The van der Waals surface area contributed by atoms with Gasteiger partial charge in [-0.25, -0.2) is 0 Å². The van der Waals surface area contributed by atoms with Crippen molar-refractivity contribution in [2.75, 3.05) is 5.32 Å². The van der Waals surface area contributed by atoms with Crippen LogP contribution in [0.15, 0.2) is 22.7 Å². The largest absolute Gasteiger partial charge is 0.325 e. The lowest BCUT2D eigenvalue weighted by Crippen LogP contribution is -2.23. The van der Waals surface area contributed by atoms with Crippen LogP contribution in [0.25, 0.3) is 0 Å². The number of carbonyl (C=O) groups is 1. The van der Waals surface area contributed by atoms with Gasteiger partial charge in [-0.15, -0.1) is 0 Å². The topological polar surface area (TPSA) is 29.1 Å². The Morgan fingerprint density at radius 1 is 1.16 bits per heavy atom. The van der Waals surface area contributed by atoms with Gasteiger partial charge in [0.05, 0.1) is 5.69 Å². The van der Waals surface area contributed by atoms with Crippen LogP contribution in [0, 0.1) is 5.92 Å². The highest BCUT2D eigenvalue weighted by molar-refractivity contribution is 9.10. The summed E-state index contributed by atoms with van der Waals surface area (Å²) in [5, 5.41) is 3.67. The molecule has 1 aliphatic rings. The summed E-state index contributed by atoms with van der Waals surface area (Å²) in [4.78, 5) is 12.3. The molecule has 2 nitrogen and oxygen atoms in total. The maximum atomic E-state index is 12.3. The van der Waals surface area contributed by atoms with Gasteiger partial charge in [-0.05, 0) is 47.0 Å². The molecule has 104 valence electrons. The lowest BCUT2D eigenvalue weighted by molar-refractivity contribution is -0.120. The van der Waals surface area contributed by atoms with E-state index in [1.807, 2.05) is 6.07 Å². The molecule has 4 heteroatoms. The zero-order valence-corrected chi connectivity index (χ0v) is 13.3. The molecule has 2 rings (SSSR count). The fourth-order valence-corrected chi connectivity index (χ4v) is 3.33. The van der Waals surface area contributed by atoms with Gasteiger partial charge in [0.15, 0.2) is 0 Å². The van der Waals surface area contributed by atoms with Gasteiger partial charge in [0.25, 0.3) is 0 Å². The van der Waals surface area contributed by atoms with Crippen molar-refractivity contribution >= 4 is 39.1 Å². The number of amides is 1. The number of hydrogen-bond donors (Lipinski definition) is 1. The Bertz CT molecular complexity index is 442. The summed E-state index contributed by atoms with van der Waals surface area (Å²) in [6.07, 6.45) is 8.19. The molecule has 1 aromatic carbocycles. The van der Waals surface area contributed by atoms with Gasteiger partial charge in [-0.3, -0.25) is 4.79 Å². The van der Waals surface area contributed by atoms with Gasteiger partial charge in [0.2, 0.25) is 5.91 Å². The highest BCUT2D eigenvalue weighted by atomic mass is 79.9. The van der Waals surface area contributed by atoms with Crippen molar-refractivity contribution in [3.05, 3.63) is 27.7 Å². The fraction of sp³-hybridized carbons (Fsp3) is 0.533. The molecule has 1 saturated carbocycles. The monoisotopic (exact) mass is 343 g/mol. The van der Waals surface area contributed by atoms with Crippen LogP contribution in [0.5, 0.6) is 0 Å². The number of carbonyl (C=O) groups excluding carboxylic acids is 1. The van der Waals surface area contributed by atoms with Crippen LogP contribution in [0.1, 0.15) is 44.9 Å². The van der Waals surface area contributed by atoms with Gasteiger partial charge in [-0.1, -0.05) is 43.7 Å². The summed E-state index contributed by atoms with van der Waals surface area (Å²) in [5.41, 5.74) is 0.802. The minimum atomic E-state index is 0.143. The molecule has 0 aromatic heterocycles. The van der Waals surface area contributed by atoms with E-state index >= 15 is 0 Å². The van der Waals surface area contributed by atoms with Crippen LogP contribution in [0.2, 0.25) is 5.02 Å². The molecule has 0 spiro atoms. The summed E-state index contributed by atoms with van der Waals surface area (Å²) in [5.74, 6) is 0.299. The third kappa shape index (κ3) is 4.50. The summed E-state index contributed by atoms with van der Waals surface area (Å²) in [6.45, 7) is 0. The molecule has 0 heterocycles. The van der Waals surface area contributed by atoms with E-state index < -0.39 is 0 Å². The van der Waals surface area contributed by atoms with E-state index in [2.05, 4.69) is 21.2 Å². The number of halogens is 2. The zero-order chi connectivity index (χ0) is 13.7. The molecule has 1 fully saturated rings.